The van der Waals surface area contributed by atoms with E-state index in [1.165, 1.54) is 43.9 Å². The Bertz CT molecular complexity index is 773. The minimum atomic E-state index is -0.213. The van der Waals surface area contributed by atoms with E-state index in [0.29, 0.717) is 10.9 Å². The summed E-state index contributed by atoms with van der Waals surface area (Å²) in [5.41, 5.74) is 0.929. The molecule has 0 aliphatic heterocycles. The van der Waals surface area contributed by atoms with E-state index in [1.54, 1.807) is 0 Å². The van der Waals surface area contributed by atoms with Crippen LogP contribution in [0.4, 0.5) is 0 Å². The molecule has 0 saturated heterocycles. The van der Waals surface area contributed by atoms with Crippen LogP contribution in [-0.4, -0.2) is 32.5 Å². The van der Waals surface area contributed by atoms with Gasteiger partial charge in [0, 0.05) is 23.7 Å². The molecule has 1 fully saturated rings. The second-order valence-electron chi connectivity index (χ2n) is 7.07. The summed E-state index contributed by atoms with van der Waals surface area (Å²) in [6.45, 7) is 5.50. The van der Waals surface area contributed by atoms with Crippen LogP contribution in [0.15, 0.2) is 29.4 Å². The number of carbonyl (C=O) groups excluding carboxylic acids is 1. The van der Waals surface area contributed by atoms with E-state index >= 15 is 0 Å². The molecule has 1 aliphatic carbocycles. The van der Waals surface area contributed by atoms with Gasteiger partial charge in [-0.2, -0.15) is 0 Å². The fourth-order valence-electron chi connectivity index (χ4n) is 3.49. The van der Waals surface area contributed by atoms with E-state index in [4.69, 9.17) is 11.6 Å². The molecule has 0 radical (unpaired) electrons. The van der Waals surface area contributed by atoms with Gasteiger partial charge in [0.05, 0.1) is 5.25 Å². The number of hydrogen-bond acceptors (Lipinski definition) is 4. The summed E-state index contributed by atoms with van der Waals surface area (Å²) in [5, 5.41) is 13.0. The molecule has 1 aromatic carbocycles. The van der Waals surface area contributed by atoms with Gasteiger partial charge in [0.25, 0.3) is 0 Å². The van der Waals surface area contributed by atoms with Crippen molar-refractivity contribution in [3.63, 3.8) is 0 Å². The minimum absolute atomic E-state index is 0.0699. The Labute approximate surface area is 170 Å². The zero-order chi connectivity index (χ0) is 19.2. The monoisotopic (exact) mass is 406 g/mol. The van der Waals surface area contributed by atoms with Gasteiger partial charge in [0.15, 0.2) is 11.0 Å². The summed E-state index contributed by atoms with van der Waals surface area (Å²) in [6.07, 6.45) is 6.37. The molecule has 1 unspecified atom stereocenters. The van der Waals surface area contributed by atoms with Crippen LogP contribution in [0.3, 0.4) is 0 Å². The predicted octanol–water partition coefficient (Wildman–Crippen LogP) is 4.80. The SMILES string of the molecule is CCn1c(SC(C)C(=O)NCC2CCCCC2)nnc1-c1cccc(Cl)c1. The van der Waals surface area contributed by atoms with Crippen molar-refractivity contribution in [2.45, 2.75) is 62.9 Å². The van der Waals surface area contributed by atoms with Crippen LogP contribution < -0.4 is 5.32 Å². The highest BCUT2D eigenvalue weighted by atomic mass is 35.5. The highest BCUT2D eigenvalue weighted by molar-refractivity contribution is 8.00. The Morgan fingerprint density at radius 3 is 2.81 bits per heavy atom. The molecular formula is C20H27ClN4OS. The molecule has 1 saturated carbocycles. The standard InChI is InChI=1S/C20H27ClN4OS/c1-3-25-18(16-10-7-11-17(21)12-16)23-24-20(25)27-14(2)19(26)22-13-15-8-5-4-6-9-15/h7,10-12,14-15H,3-6,8-9,13H2,1-2H3,(H,22,26). The first kappa shape index (κ1) is 20.2. The molecule has 7 heteroatoms. The number of thioether (sulfide) groups is 1. The van der Waals surface area contributed by atoms with E-state index < -0.39 is 0 Å². The van der Waals surface area contributed by atoms with E-state index in [9.17, 15) is 4.79 Å². The molecule has 27 heavy (non-hydrogen) atoms. The van der Waals surface area contributed by atoms with Crippen molar-refractivity contribution in [2.24, 2.45) is 5.92 Å². The van der Waals surface area contributed by atoms with Gasteiger partial charge in [-0.25, -0.2) is 0 Å². The Morgan fingerprint density at radius 1 is 1.33 bits per heavy atom. The van der Waals surface area contributed by atoms with Gasteiger partial charge >= 0.3 is 0 Å². The van der Waals surface area contributed by atoms with Crippen LogP contribution >= 0.6 is 23.4 Å². The van der Waals surface area contributed by atoms with Crippen molar-refractivity contribution in [1.82, 2.24) is 20.1 Å². The highest BCUT2D eigenvalue weighted by Gasteiger charge is 2.21. The fraction of sp³-hybridized carbons (Fsp3) is 0.550. The van der Waals surface area contributed by atoms with E-state index in [0.717, 1.165) is 29.6 Å². The number of rotatable bonds is 7. The molecule has 2 aromatic rings. The molecule has 0 spiro atoms. The van der Waals surface area contributed by atoms with Gasteiger partial charge in [-0.05, 0) is 44.7 Å². The number of nitrogens with one attached hydrogen (secondary N) is 1. The van der Waals surface area contributed by atoms with Gasteiger partial charge in [-0.1, -0.05) is 54.8 Å². The van der Waals surface area contributed by atoms with Gasteiger partial charge in [0.1, 0.15) is 0 Å². The van der Waals surface area contributed by atoms with Gasteiger partial charge in [-0.3, -0.25) is 4.79 Å². The number of halogens is 1. The number of hydrogen-bond donors (Lipinski definition) is 1. The highest BCUT2D eigenvalue weighted by Crippen LogP contribution is 2.28. The van der Waals surface area contributed by atoms with Crippen LogP contribution in [0.1, 0.15) is 46.0 Å². The molecule has 1 aromatic heterocycles. The number of nitrogens with zero attached hydrogens (tertiary/aromatic N) is 3. The van der Waals surface area contributed by atoms with Crippen molar-refractivity contribution in [2.75, 3.05) is 6.54 Å². The number of amides is 1. The third-order valence-electron chi connectivity index (χ3n) is 5.06. The Hall–Kier alpha value is -1.53. The topological polar surface area (TPSA) is 59.8 Å². The maximum Gasteiger partial charge on any atom is 0.233 e. The maximum atomic E-state index is 12.5. The summed E-state index contributed by atoms with van der Waals surface area (Å²) in [7, 11) is 0. The average Bonchev–Trinajstić information content (AvgIpc) is 3.09. The molecule has 1 N–H and O–H groups in total. The van der Waals surface area contributed by atoms with Crippen LogP contribution in [0.5, 0.6) is 0 Å². The third kappa shape index (κ3) is 5.26. The third-order valence-corrected chi connectivity index (χ3v) is 6.37. The molecule has 3 rings (SSSR count). The van der Waals surface area contributed by atoms with Gasteiger partial charge in [-0.15, -0.1) is 10.2 Å². The minimum Gasteiger partial charge on any atom is -0.355 e. The molecule has 1 atom stereocenters. The quantitative estimate of drug-likeness (QED) is 0.671. The Balaban J connectivity index is 1.63. The molecule has 5 nitrogen and oxygen atoms in total. The number of carbonyl (C=O) groups is 1. The van der Waals surface area contributed by atoms with Crippen LogP contribution in [0, 0.1) is 5.92 Å². The zero-order valence-electron chi connectivity index (χ0n) is 15.9. The van der Waals surface area contributed by atoms with E-state index in [1.807, 2.05) is 35.8 Å². The molecular weight excluding hydrogens is 380 g/mol. The van der Waals surface area contributed by atoms with Crippen molar-refractivity contribution in [3.05, 3.63) is 29.3 Å². The lowest BCUT2D eigenvalue weighted by atomic mass is 9.89. The lowest BCUT2D eigenvalue weighted by Gasteiger charge is -2.22. The molecule has 1 heterocycles. The second kappa shape index (κ2) is 9.60. The summed E-state index contributed by atoms with van der Waals surface area (Å²) >= 11 is 7.56. The summed E-state index contributed by atoms with van der Waals surface area (Å²) < 4.78 is 2.03. The van der Waals surface area contributed by atoms with E-state index in [2.05, 4.69) is 22.4 Å². The smallest absolute Gasteiger partial charge is 0.233 e. The first-order valence-corrected chi connectivity index (χ1v) is 11.0. The van der Waals surface area contributed by atoms with Crippen molar-refractivity contribution in [3.8, 4) is 11.4 Å². The lowest BCUT2D eigenvalue weighted by molar-refractivity contribution is -0.120. The van der Waals surface area contributed by atoms with Crippen LogP contribution in [0.2, 0.25) is 5.02 Å². The van der Waals surface area contributed by atoms with Crippen molar-refractivity contribution in [1.29, 1.82) is 0 Å². The first-order chi connectivity index (χ1) is 13.1. The molecule has 146 valence electrons. The predicted molar refractivity (Wildman–Crippen MR) is 111 cm³/mol. The largest absolute Gasteiger partial charge is 0.355 e. The summed E-state index contributed by atoms with van der Waals surface area (Å²) in [4.78, 5) is 12.5. The Kier molecular flexibility index (Phi) is 7.19. The first-order valence-electron chi connectivity index (χ1n) is 9.72. The molecule has 0 bridgehead atoms. The average molecular weight is 407 g/mol. The zero-order valence-corrected chi connectivity index (χ0v) is 17.5. The normalized spacial score (nSPS) is 16.3. The van der Waals surface area contributed by atoms with Crippen molar-refractivity contribution < 1.29 is 4.79 Å². The van der Waals surface area contributed by atoms with Crippen LogP contribution in [0.25, 0.3) is 11.4 Å². The summed E-state index contributed by atoms with van der Waals surface area (Å²) in [6, 6.07) is 7.59. The van der Waals surface area contributed by atoms with Gasteiger partial charge < -0.3 is 9.88 Å². The molecule has 1 amide bonds. The number of benzene rings is 1. The van der Waals surface area contributed by atoms with Crippen LogP contribution in [-0.2, 0) is 11.3 Å². The maximum absolute atomic E-state index is 12.5. The molecule has 1 aliphatic rings. The Morgan fingerprint density at radius 2 is 2.11 bits per heavy atom. The lowest BCUT2D eigenvalue weighted by Crippen LogP contribution is -2.35. The second-order valence-corrected chi connectivity index (χ2v) is 8.81. The number of aromatic nitrogens is 3. The van der Waals surface area contributed by atoms with Gasteiger partial charge in [0.2, 0.25) is 5.91 Å². The van der Waals surface area contributed by atoms with Crippen molar-refractivity contribution >= 4 is 29.3 Å². The summed E-state index contributed by atoms with van der Waals surface area (Å²) in [5.74, 6) is 1.48. The van der Waals surface area contributed by atoms with E-state index in [-0.39, 0.29) is 11.2 Å². The fourth-order valence-corrected chi connectivity index (χ4v) is 4.62.